The van der Waals surface area contributed by atoms with Crippen molar-refractivity contribution in [3.05, 3.63) is 95.7 Å². The summed E-state index contributed by atoms with van der Waals surface area (Å²) in [5, 5.41) is 0. The molecule has 1 aromatic heterocycles. The molecule has 1 saturated heterocycles. The molecule has 0 spiro atoms. The summed E-state index contributed by atoms with van der Waals surface area (Å²) in [6.07, 6.45) is 2.70. The molecule has 1 amide bonds. The number of aromatic nitrogens is 1. The van der Waals surface area contributed by atoms with Crippen molar-refractivity contribution in [1.82, 2.24) is 14.8 Å². The zero-order chi connectivity index (χ0) is 23.6. The molecule has 0 aliphatic carbocycles. The average molecular weight is 460 g/mol. The molecular formula is C28H33N3O3. The van der Waals surface area contributed by atoms with Crippen LogP contribution in [0, 0.1) is 0 Å². The highest BCUT2D eigenvalue weighted by Gasteiger charge is 2.29. The second-order valence-electron chi connectivity index (χ2n) is 8.53. The monoisotopic (exact) mass is 459 g/mol. The second kappa shape index (κ2) is 12.3. The van der Waals surface area contributed by atoms with Gasteiger partial charge in [0.2, 0.25) is 11.8 Å². The maximum Gasteiger partial charge on any atom is 0.234 e. The van der Waals surface area contributed by atoms with Crippen LogP contribution in [0.15, 0.2) is 79.0 Å². The molecule has 0 atom stereocenters. The Morgan fingerprint density at radius 2 is 1.59 bits per heavy atom. The first kappa shape index (κ1) is 23.9. The van der Waals surface area contributed by atoms with E-state index in [1.165, 1.54) is 0 Å². The number of carbonyl (C=O) groups excluding carboxylic acids is 1. The summed E-state index contributed by atoms with van der Waals surface area (Å²) in [7, 11) is 1.61. The average Bonchev–Trinajstić information content (AvgIpc) is 2.90. The Hall–Kier alpha value is -3.22. The molecule has 0 saturated carbocycles. The van der Waals surface area contributed by atoms with Gasteiger partial charge in [0, 0.05) is 51.6 Å². The highest BCUT2D eigenvalue weighted by Crippen LogP contribution is 2.27. The van der Waals surface area contributed by atoms with E-state index in [9.17, 15) is 4.79 Å². The fourth-order valence-corrected chi connectivity index (χ4v) is 4.38. The molecule has 6 nitrogen and oxygen atoms in total. The van der Waals surface area contributed by atoms with Crippen LogP contribution in [0.25, 0.3) is 0 Å². The summed E-state index contributed by atoms with van der Waals surface area (Å²) >= 11 is 0. The van der Waals surface area contributed by atoms with E-state index in [0.717, 1.165) is 55.8 Å². The Kier molecular flexibility index (Phi) is 8.65. The number of hydrogen-bond acceptors (Lipinski definition) is 5. The van der Waals surface area contributed by atoms with Crippen molar-refractivity contribution in [3.63, 3.8) is 0 Å². The first-order chi connectivity index (χ1) is 16.7. The lowest BCUT2D eigenvalue weighted by Gasteiger charge is -2.36. The van der Waals surface area contributed by atoms with Crippen molar-refractivity contribution in [2.45, 2.75) is 18.9 Å². The number of ether oxygens (including phenoxy) is 2. The van der Waals surface area contributed by atoms with E-state index in [4.69, 9.17) is 9.47 Å². The number of methoxy groups -OCH3 is 1. The molecule has 1 aliphatic rings. The zero-order valence-electron chi connectivity index (χ0n) is 19.8. The van der Waals surface area contributed by atoms with Gasteiger partial charge in [-0.15, -0.1) is 0 Å². The lowest BCUT2D eigenvalue weighted by Crippen LogP contribution is -2.50. The van der Waals surface area contributed by atoms with Crippen LogP contribution in [0.5, 0.6) is 5.88 Å². The SMILES string of the molecule is COc1cc(COCCCN2CCN(C(=O)C(c3ccccc3)c3ccccc3)CC2)ccn1. The van der Waals surface area contributed by atoms with Gasteiger partial charge in [0.05, 0.1) is 19.6 Å². The molecule has 0 N–H and O–H groups in total. The summed E-state index contributed by atoms with van der Waals surface area (Å²) in [4.78, 5) is 22.1. The molecule has 178 valence electrons. The minimum Gasteiger partial charge on any atom is -0.481 e. The fourth-order valence-electron chi connectivity index (χ4n) is 4.38. The summed E-state index contributed by atoms with van der Waals surface area (Å²) in [5.74, 6) is 0.539. The number of piperazine rings is 1. The molecule has 1 aliphatic heterocycles. The number of nitrogens with zero attached hydrogens (tertiary/aromatic N) is 3. The fraction of sp³-hybridized carbons (Fsp3) is 0.357. The van der Waals surface area contributed by atoms with Crippen LogP contribution in [-0.2, 0) is 16.1 Å². The van der Waals surface area contributed by atoms with Gasteiger partial charge in [0.25, 0.3) is 0 Å². The Balaban J connectivity index is 1.23. The van der Waals surface area contributed by atoms with Crippen molar-refractivity contribution >= 4 is 5.91 Å². The molecule has 2 aromatic carbocycles. The van der Waals surface area contributed by atoms with Gasteiger partial charge in [-0.25, -0.2) is 4.98 Å². The number of amides is 1. The summed E-state index contributed by atoms with van der Waals surface area (Å²) < 4.78 is 11.0. The van der Waals surface area contributed by atoms with Gasteiger partial charge in [0.15, 0.2) is 0 Å². The minimum absolute atomic E-state index is 0.188. The van der Waals surface area contributed by atoms with Crippen molar-refractivity contribution < 1.29 is 14.3 Å². The molecule has 6 heteroatoms. The Labute approximate surface area is 202 Å². The first-order valence-corrected chi connectivity index (χ1v) is 11.9. The van der Waals surface area contributed by atoms with Crippen LogP contribution in [0.1, 0.15) is 29.0 Å². The molecule has 3 aromatic rings. The molecule has 0 radical (unpaired) electrons. The highest BCUT2D eigenvalue weighted by atomic mass is 16.5. The van der Waals surface area contributed by atoms with Crippen LogP contribution in [0.3, 0.4) is 0 Å². The van der Waals surface area contributed by atoms with Gasteiger partial charge in [-0.05, 0) is 29.2 Å². The third-order valence-electron chi connectivity index (χ3n) is 6.24. The second-order valence-corrected chi connectivity index (χ2v) is 8.53. The molecule has 34 heavy (non-hydrogen) atoms. The smallest absolute Gasteiger partial charge is 0.234 e. The summed E-state index contributed by atoms with van der Waals surface area (Å²) in [6, 6.07) is 24.0. The largest absolute Gasteiger partial charge is 0.481 e. The van der Waals surface area contributed by atoms with E-state index >= 15 is 0 Å². The molecule has 0 unspecified atom stereocenters. The van der Waals surface area contributed by atoms with E-state index in [1.54, 1.807) is 13.3 Å². The number of carbonyl (C=O) groups is 1. The third kappa shape index (κ3) is 6.43. The highest BCUT2D eigenvalue weighted by molar-refractivity contribution is 5.87. The van der Waals surface area contributed by atoms with Crippen molar-refractivity contribution in [2.75, 3.05) is 46.4 Å². The van der Waals surface area contributed by atoms with Gasteiger partial charge >= 0.3 is 0 Å². The van der Waals surface area contributed by atoms with Crippen molar-refractivity contribution in [3.8, 4) is 5.88 Å². The number of rotatable bonds is 10. The number of hydrogen-bond donors (Lipinski definition) is 0. The molecule has 2 heterocycles. The van der Waals surface area contributed by atoms with E-state index in [1.807, 2.05) is 77.7 Å². The Morgan fingerprint density at radius 1 is 0.941 bits per heavy atom. The molecule has 1 fully saturated rings. The molecule has 0 bridgehead atoms. The predicted octanol–water partition coefficient (Wildman–Crippen LogP) is 3.97. The maximum absolute atomic E-state index is 13.6. The van der Waals surface area contributed by atoms with Crippen LogP contribution >= 0.6 is 0 Å². The quantitative estimate of drug-likeness (QED) is 0.430. The molecular weight excluding hydrogens is 426 g/mol. The summed E-state index contributed by atoms with van der Waals surface area (Å²) in [5.41, 5.74) is 3.15. The number of pyridine rings is 1. The lowest BCUT2D eigenvalue weighted by atomic mass is 9.90. The van der Waals surface area contributed by atoms with Crippen LogP contribution < -0.4 is 4.74 Å². The van der Waals surface area contributed by atoms with Gasteiger partial charge in [0.1, 0.15) is 0 Å². The summed E-state index contributed by atoms with van der Waals surface area (Å²) in [6.45, 7) is 5.53. The maximum atomic E-state index is 13.6. The molecule has 4 rings (SSSR count). The number of benzene rings is 2. The van der Waals surface area contributed by atoms with E-state index < -0.39 is 0 Å². The van der Waals surface area contributed by atoms with E-state index in [0.29, 0.717) is 19.1 Å². The lowest BCUT2D eigenvalue weighted by molar-refractivity contribution is -0.133. The van der Waals surface area contributed by atoms with Crippen molar-refractivity contribution in [2.24, 2.45) is 0 Å². The van der Waals surface area contributed by atoms with Gasteiger partial charge < -0.3 is 14.4 Å². The Morgan fingerprint density at radius 3 is 2.21 bits per heavy atom. The van der Waals surface area contributed by atoms with Crippen LogP contribution in [-0.4, -0.2) is 67.1 Å². The topological polar surface area (TPSA) is 54.9 Å². The Bertz CT molecular complexity index is 982. The van der Waals surface area contributed by atoms with Crippen LogP contribution in [0.4, 0.5) is 0 Å². The first-order valence-electron chi connectivity index (χ1n) is 11.9. The van der Waals surface area contributed by atoms with Crippen LogP contribution in [0.2, 0.25) is 0 Å². The minimum atomic E-state index is -0.255. The van der Waals surface area contributed by atoms with E-state index in [2.05, 4.69) is 9.88 Å². The predicted molar refractivity (Wildman–Crippen MR) is 133 cm³/mol. The normalized spacial score (nSPS) is 14.4. The van der Waals surface area contributed by atoms with Gasteiger partial charge in [-0.1, -0.05) is 60.7 Å². The third-order valence-corrected chi connectivity index (χ3v) is 6.24. The standard InChI is InChI=1S/C28H33N3O3/c1-33-26-21-23(13-14-29-26)22-34-20-8-15-30-16-18-31(19-17-30)28(32)27(24-9-4-2-5-10-24)25-11-6-3-7-12-25/h2-7,9-14,21,27H,8,15-20,22H2,1H3. The van der Waals surface area contributed by atoms with Gasteiger partial charge in [-0.3, -0.25) is 9.69 Å². The van der Waals surface area contributed by atoms with E-state index in [-0.39, 0.29) is 11.8 Å². The van der Waals surface area contributed by atoms with Crippen molar-refractivity contribution in [1.29, 1.82) is 0 Å². The zero-order valence-corrected chi connectivity index (χ0v) is 19.8. The van der Waals surface area contributed by atoms with Gasteiger partial charge in [-0.2, -0.15) is 0 Å².